The van der Waals surface area contributed by atoms with Gasteiger partial charge in [0.1, 0.15) is 0 Å². The molecule has 3 nitrogen and oxygen atoms in total. The molecule has 2 rings (SSSR count). The molecule has 0 saturated heterocycles. The molecular weight excluding hydrogens is 162 g/mol. The molecule has 1 aromatic carbocycles. The Labute approximate surface area is 78.3 Å². The van der Waals surface area contributed by atoms with Crippen molar-refractivity contribution < 1.29 is 0 Å². The Kier molecular flexibility index (Phi) is 2.27. The number of hydrogen-bond acceptors (Lipinski definition) is 3. The van der Waals surface area contributed by atoms with Gasteiger partial charge in [-0.3, -0.25) is 9.89 Å². The molecule has 0 fully saturated rings. The summed E-state index contributed by atoms with van der Waals surface area (Å²) in [6.45, 7) is 1.71. The average Bonchev–Trinajstić information content (AvgIpc) is 2.19. The fraction of sp³-hybridized carbons (Fsp3) is 0.300. The SMILES string of the molecule is CN1CN=CN(c2ccccc2)C1. The number of anilines is 1. The molecular formula is C10H13N3. The summed E-state index contributed by atoms with van der Waals surface area (Å²) in [5, 5.41) is 0. The second kappa shape index (κ2) is 3.58. The van der Waals surface area contributed by atoms with Gasteiger partial charge < -0.3 is 4.90 Å². The first-order valence-corrected chi connectivity index (χ1v) is 4.36. The van der Waals surface area contributed by atoms with Crippen LogP contribution in [0.15, 0.2) is 35.3 Å². The third-order valence-corrected chi connectivity index (χ3v) is 2.03. The van der Waals surface area contributed by atoms with Crippen molar-refractivity contribution in [3.63, 3.8) is 0 Å². The number of benzene rings is 1. The number of para-hydroxylation sites is 1. The molecule has 1 aliphatic rings. The lowest BCUT2D eigenvalue weighted by Gasteiger charge is -2.28. The van der Waals surface area contributed by atoms with E-state index in [0.717, 1.165) is 13.3 Å². The number of hydrogen-bond donors (Lipinski definition) is 0. The maximum atomic E-state index is 4.24. The zero-order chi connectivity index (χ0) is 9.10. The molecule has 3 heteroatoms. The minimum absolute atomic E-state index is 0.795. The molecule has 1 aromatic rings. The molecule has 0 atom stereocenters. The smallest absolute Gasteiger partial charge is 0.0938 e. The number of rotatable bonds is 1. The Morgan fingerprint density at radius 3 is 2.69 bits per heavy atom. The van der Waals surface area contributed by atoms with Crippen molar-refractivity contribution in [3.05, 3.63) is 30.3 Å². The van der Waals surface area contributed by atoms with Gasteiger partial charge in [0.25, 0.3) is 0 Å². The van der Waals surface area contributed by atoms with Crippen molar-refractivity contribution in [1.29, 1.82) is 0 Å². The highest BCUT2D eigenvalue weighted by atomic mass is 15.4. The van der Waals surface area contributed by atoms with Crippen molar-refractivity contribution in [1.82, 2.24) is 4.90 Å². The normalized spacial score (nSPS) is 17.8. The van der Waals surface area contributed by atoms with Gasteiger partial charge in [-0.1, -0.05) is 18.2 Å². The lowest BCUT2D eigenvalue weighted by atomic mass is 10.3. The van der Waals surface area contributed by atoms with Crippen LogP contribution in [0.25, 0.3) is 0 Å². The van der Waals surface area contributed by atoms with Gasteiger partial charge in [0.15, 0.2) is 0 Å². The summed E-state index contributed by atoms with van der Waals surface area (Å²) in [6, 6.07) is 10.3. The van der Waals surface area contributed by atoms with E-state index < -0.39 is 0 Å². The number of nitrogens with zero attached hydrogens (tertiary/aromatic N) is 3. The topological polar surface area (TPSA) is 18.8 Å². The third kappa shape index (κ3) is 1.87. The van der Waals surface area contributed by atoms with Crippen LogP contribution in [0.3, 0.4) is 0 Å². The molecule has 1 heterocycles. The van der Waals surface area contributed by atoms with Gasteiger partial charge in [-0.25, -0.2) is 0 Å². The van der Waals surface area contributed by atoms with Crippen LogP contribution in [0.5, 0.6) is 0 Å². The minimum atomic E-state index is 0.795. The Morgan fingerprint density at radius 2 is 2.00 bits per heavy atom. The Hall–Kier alpha value is -1.35. The molecule has 13 heavy (non-hydrogen) atoms. The minimum Gasteiger partial charge on any atom is -0.319 e. The van der Waals surface area contributed by atoms with Gasteiger partial charge >= 0.3 is 0 Å². The van der Waals surface area contributed by atoms with Crippen LogP contribution in [0.2, 0.25) is 0 Å². The highest BCUT2D eigenvalue weighted by Gasteiger charge is 2.09. The van der Waals surface area contributed by atoms with Crippen LogP contribution < -0.4 is 4.90 Å². The Bertz CT molecular complexity index is 294. The second-order valence-corrected chi connectivity index (χ2v) is 3.24. The molecule has 68 valence electrons. The first-order valence-electron chi connectivity index (χ1n) is 4.36. The molecule has 0 aromatic heterocycles. The molecule has 0 amide bonds. The van der Waals surface area contributed by atoms with E-state index in [1.165, 1.54) is 5.69 Å². The van der Waals surface area contributed by atoms with Crippen molar-refractivity contribution in [3.8, 4) is 0 Å². The second-order valence-electron chi connectivity index (χ2n) is 3.24. The third-order valence-electron chi connectivity index (χ3n) is 2.03. The van der Waals surface area contributed by atoms with E-state index in [2.05, 4.69) is 34.0 Å². The van der Waals surface area contributed by atoms with E-state index in [1.807, 2.05) is 24.5 Å². The predicted molar refractivity (Wildman–Crippen MR) is 54.9 cm³/mol. The summed E-state index contributed by atoms with van der Waals surface area (Å²) in [7, 11) is 2.06. The van der Waals surface area contributed by atoms with Gasteiger partial charge in [-0.05, 0) is 19.2 Å². The summed E-state index contributed by atoms with van der Waals surface area (Å²) in [5.41, 5.74) is 1.19. The van der Waals surface area contributed by atoms with Crippen molar-refractivity contribution in [2.75, 3.05) is 25.3 Å². The molecule has 0 radical (unpaired) electrons. The van der Waals surface area contributed by atoms with Crippen LogP contribution in [0.4, 0.5) is 5.69 Å². The van der Waals surface area contributed by atoms with Gasteiger partial charge in [-0.2, -0.15) is 0 Å². The fourth-order valence-corrected chi connectivity index (χ4v) is 1.38. The van der Waals surface area contributed by atoms with Crippen molar-refractivity contribution >= 4 is 12.0 Å². The maximum Gasteiger partial charge on any atom is 0.0938 e. The van der Waals surface area contributed by atoms with Crippen LogP contribution in [-0.2, 0) is 0 Å². The molecule has 0 unspecified atom stereocenters. The highest BCUT2D eigenvalue weighted by Crippen LogP contribution is 2.13. The van der Waals surface area contributed by atoms with Gasteiger partial charge in [0, 0.05) is 5.69 Å². The van der Waals surface area contributed by atoms with E-state index in [4.69, 9.17) is 0 Å². The summed E-state index contributed by atoms with van der Waals surface area (Å²) >= 11 is 0. The lowest BCUT2D eigenvalue weighted by molar-refractivity contribution is 0.347. The Morgan fingerprint density at radius 1 is 1.23 bits per heavy atom. The molecule has 0 spiro atoms. The quantitative estimate of drug-likeness (QED) is 0.642. The van der Waals surface area contributed by atoms with Gasteiger partial charge in [-0.15, -0.1) is 0 Å². The summed E-state index contributed by atoms with van der Waals surface area (Å²) in [6.07, 6.45) is 1.90. The van der Waals surface area contributed by atoms with E-state index in [0.29, 0.717) is 0 Å². The van der Waals surface area contributed by atoms with Crippen LogP contribution in [-0.4, -0.2) is 31.6 Å². The zero-order valence-corrected chi connectivity index (χ0v) is 7.72. The van der Waals surface area contributed by atoms with Gasteiger partial charge in [0.05, 0.1) is 19.7 Å². The predicted octanol–water partition coefficient (Wildman–Crippen LogP) is 1.38. The molecule has 0 N–H and O–H groups in total. The summed E-state index contributed by atoms with van der Waals surface area (Å²) < 4.78 is 0. The molecule has 0 bridgehead atoms. The van der Waals surface area contributed by atoms with Crippen molar-refractivity contribution in [2.45, 2.75) is 0 Å². The Balaban J connectivity index is 2.18. The molecule has 0 aliphatic carbocycles. The first-order chi connectivity index (χ1) is 6.36. The van der Waals surface area contributed by atoms with E-state index in [-0.39, 0.29) is 0 Å². The standard InChI is InChI=1S/C10H13N3/c1-12-7-11-8-13(9-12)10-5-3-2-4-6-10/h2-6,8H,7,9H2,1H3. The summed E-state index contributed by atoms with van der Waals surface area (Å²) in [4.78, 5) is 8.53. The maximum absolute atomic E-state index is 4.24. The van der Waals surface area contributed by atoms with E-state index in [9.17, 15) is 0 Å². The van der Waals surface area contributed by atoms with Gasteiger partial charge in [0.2, 0.25) is 0 Å². The fourth-order valence-electron chi connectivity index (χ4n) is 1.38. The zero-order valence-electron chi connectivity index (χ0n) is 7.72. The largest absolute Gasteiger partial charge is 0.319 e. The highest BCUT2D eigenvalue weighted by molar-refractivity contribution is 5.79. The lowest BCUT2D eigenvalue weighted by Crippen LogP contribution is -2.38. The van der Waals surface area contributed by atoms with Crippen LogP contribution >= 0.6 is 0 Å². The molecule has 0 saturated carbocycles. The van der Waals surface area contributed by atoms with E-state index in [1.54, 1.807) is 0 Å². The summed E-state index contributed by atoms with van der Waals surface area (Å²) in [5.74, 6) is 0. The molecule has 1 aliphatic heterocycles. The first kappa shape index (κ1) is 8.26. The number of aliphatic imine (C=N–C) groups is 1. The van der Waals surface area contributed by atoms with Crippen LogP contribution in [0, 0.1) is 0 Å². The van der Waals surface area contributed by atoms with Crippen molar-refractivity contribution in [2.24, 2.45) is 4.99 Å². The monoisotopic (exact) mass is 175 g/mol. The average molecular weight is 175 g/mol. The van der Waals surface area contributed by atoms with E-state index >= 15 is 0 Å². The van der Waals surface area contributed by atoms with Crippen LogP contribution in [0.1, 0.15) is 0 Å².